The summed E-state index contributed by atoms with van der Waals surface area (Å²) in [6.07, 6.45) is 6.01. The Morgan fingerprint density at radius 2 is 2.07 bits per heavy atom. The Labute approximate surface area is 175 Å². The summed E-state index contributed by atoms with van der Waals surface area (Å²) < 4.78 is 13.4. The Bertz CT molecular complexity index is 1050. The van der Waals surface area contributed by atoms with Crippen molar-refractivity contribution in [1.82, 2.24) is 19.7 Å². The molecule has 8 nitrogen and oxygen atoms in total. The number of benzene rings is 1. The van der Waals surface area contributed by atoms with Crippen LogP contribution in [-0.4, -0.2) is 39.5 Å². The van der Waals surface area contributed by atoms with Gasteiger partial charge in [0.05, 0.1) is 34.9 Å². The molecule has 1 saturated heterocycles. The number of nitrogens with zero attached hydrogens (tertiary/aromatic N) is 5. The predicted octanol–water partition coefficient (Wildman–Crippen LogP) is 2.94. The fourth-order valence-corrected chi connectivity index (χ4v) is 3.53. The van der Waals surface area contributed by atoms with Crippen molar-refractivity contribution in [3.63, 3.8) is 0 Å². The van der Waals surface area contributed by atoms with Crippen molar-refractivity contribution in [2.45, 2.75) is 25.2 Å². The maximum atomic E-state index is 9.34. The van der Waals surface area contributed by atoms with Crippen LogP contribution in [0.5, 0.6) is 11.6 Å². The molecule has 0 radical (unpaired) electrons. The van der Waals surface area contributed by atoms with Gasteiger partial charge >= 0.3 is 0 Å². The number of nitrogens with two attached hydrogens (primary N) is 1. The smallest absolute Gasteiger partial charge is 0.217 e. The molecule has 2 aromatic heterocycles. The van der Waals surface area contributed by atoms with Gasteiger partial charge in [0.15, 0.2) is 0 Å². The first-order valence-corrected chi connectivity index (χ1v) is 10.0. The molecule has 0 saturated carbocycles. The van der Waals surface area contributed by atoms with Gasteiger partial charge in [0.1, 0.15) is 5.75 Å². The van der Waals surface area contributed by atoms with E-state index in [0.29, 0.717) is 41.8 Å². The van der Waals surface area contributed by atoms with E-state index in [1.807, 2.05) is 19.2 Å². The number of nitriles is 1. The molecule has 2 N–H and O–H groups in total. The van der Waals surface area contributed by atoms with Crippen molar-refractivity contribution in [1.29, 1.82) is 5.26 Å². The van der Waals surface area contributed by atoms with Crippen LogP contribution in [-0.2, 0) is 18.2 Å². The SMILES string of the molecule is Cn1nc(C2CCOCC2)cc1Oc1cc(C#N)ccc1-c1cnc(CCN)cn1. The summed E-state index contributed by atoms with van der Waals surface area (Å²) in [5.74, 6) is 1.52. The van der Waals surface area contributed by atoms with Crippen LogP contribution in [0, 0.1) is 11.3 Å². The van der Waals surface area contributed by atoms with Gasteiger partial charge in [-0.25, -0.2) is 4.68 Å². The van der Waals surface area contributed by atoms with Crippen LogP contribution >= 0.6 is 0 Å². The average molecular weight is 404 g/mol. The van der Waals surface area contributed by atoms with E-state index in [4.69, 9.17) is 15.2 Å². The molecule has 1 aromatic carbocycles. The molecular formula is C22H24N6O2. The highest BCUT2D eigenvalue weighted by atomic mass is 16.5. The maximum Gasteiger partial charge on any atom is 0.217 e. The zero-order chi connectivity index (χ0) is 20.9. The monoisotopic (exact) mass is 404 g/mol. The van der Waals surface area contributed by atoms with Crippen LogP contribution in [0.2, 0.25) is 0 Å². The van der Waals surface area contributed by atoms with E-state index in [0.717, 1.165) is 43.0 Å². The second-order valence-electron chi connectivity index (χ2n) is 7.27. The summed E-state index contributed by atoms with van der Waals surface area (Å²) in [5.41, 5.74) is 9.36. The number of hydrogen-bond acceptors (Lipinski definition) is 7. The standard InChI is InChI=1S/C22H24N6O2/c1-28-22(11-19(27-28)16-5-8-29-9-6-16)30-21-10-15(12-24)2-3-18(21)20-14-25-17(4-7-23)13-26-20/h2-3,10-11,13-14,16H,4-9,23H2,1H3. The number of hydrogen-bond donors (Lipinski definition) is 1. The molecule has 0 aliphatic carbocycles. The number of aryl methyl sites for hydroxylation is 1. The Kier molecular flexibility index (Phi) is 6.02. The van der Waals surface area contributed by atoms with E-state index in [1.54, 1.807) is 29.2 Å². The predicted molar refractivity (Wildman–Crippen MR) is 111 cm³/mol. The quantitative estimate of drug-likeness (QED) is 0.672. The lowest BCUT2D eigenvalue weighted by atomic mass is 9.97. The molecule has 0 amide bonds. The minimum atomic E-state index is 0.369. The second-order valence-corrected chi connectivity index (χ2v) is 7.27. The molecule has 0 unspecified atom stereocenters. The Morgan fingerprint density at radius 1 is 1.23 bits per heavy atom. The Morgan fingerprint density at radius 3 is 2.77 bits per heavy atom. The van der Waals surface area contributed by atoms with Gasteiger partial charge in [-0.2, -0.15) is 10.4 Å². The van der Waals surface area contributed by atoms with Crippen LogP contribution in [0.15, 0.2) is 36.7 Å². The van der Waals surface area contributed by atoms with Crippen molar-refractivity contribution < 1.29 is 9.47 Å². The molecular weight excluding hydrogens is 380 g/mol. The van der Waals surface area contributed by atoms with E-state index < -0.39 is 0 Å². The zero-order valence-electron chi connectivity index (χ0n) is 16.9. The molecule has 0 bridgehead atoms. The minimum Gasteiger partial charge on any atom is -0.439 e. The lowest BCUT2D eigenvalue weighted by Gasteiger charge is -2.19. The van der Waals surface area contributed by atoms with Crippen molar-refractivity contribution in [3.05, 3.63) is 53.6 Å². The fourth-order valence-electron chi connectivity index (χ4n) is 3.53. The first kappa shape index (κ1) is 20.0. The third kappa shape index (κ3) is 4.32. The van der Waals surface area contributed by atoms with Gasteiger partial charge in [0.25, 0.3) is 0 Å². The van der Waals surface area contributed by atoms with E-state index in [9.17, 15) is 5.26 Å². The maximum absolute atomic E-state index is 9.34. The van der Waals surface area contributed by atoms with E-state index >= 15 is 0 Å². The zero-order valence-corrected chi connectivity index (χ0v) is 16.9. The summed E-state index contributed by atoms with van der Waals surface area (Å²) in [7, 11) is 1.85. The summed E-state index contributed by atoms with van der Waals surface area (Å²) in [6, 6.07) is 9.42. The van der Waals surface area contributed by atoms with E-state index in [2.05, 4.69) is 21.1 Å². The molecule has 1 fully saturated rings. The lowest BCUT2D eigenvalue weighted by Crippen LogP contribution is -2.14. The van der Waals surface area contributed by atoms with Crippen LogP contribution < -0.4 is 10.5 Å². The van der Waals surface area contributed by atoms with Gasteiger partial charge in [-0.3, -0.25) is 9.97 Å². The van der Waals surface area contributed by atoms with Crippen LogP contribution in [0.25, 0.3) is 11.3 Å². The normalized spacial score (nSPS) is 14.4. The van der Waals surface area contributed by atoms with Gasteiger partial charge in [-0.15, -0.1) is 0 Å². The summed E-state index contributed by atoms with van der Waals surface area (Å²) in [5, 5.41) is 14.0. The summed E-state index contributed by atoms with van der Waals surface area (Å²) in [6.45, 7) is 2.03. The Hall–Kier alpha value is -3.28. The highest BCUT2D eigenvalue weighted by molar-refractivity contribution is 5.68. The van der Waals surface area contributed by atoms with Crippen molar-refractivity contribution in [2.24, 2.45) is 12.8 Å². The van der Waals surface area contributed by atoms with Gasteiger partial charge < -0.3 is 15.2 Å². The average Bonchev–Trinajstić information content (AvgIpc) is 3.15. The molecule has 30 heavy (non-hydrogen) atoms. The Balaban J connectivity index is 1.65. The van der Waals surface area contributed by atoms with E-state index in [-0.39, 0.29) is 0 Å². The highest BCUT2D eigenvalue weighted by Gasteiger charge is 2.21. The van der Waals surface area contributed by atoms with Crippen molar-refractivity contribution >= 4 is 0 Å². The first-order valence-electron chi connectivity index (χ1n) is 10.0. The molecule has 8 heteroatoms. The molecule has 3 heterocycles. The van der Waals surface area contributed by atoms with Gasteiger partial charge in [0.2, 0.25) is 5.88 Å². The molecule has 0 spiro atoms. The van der Waals surface area contributed by atoms with Crippen LogP contribution in [0.1, 0.15) is 35.7 Å². The number of rotatable bonds is 6. The summed E-state index contributed by atoms with van der Waals surface area (Å²) in [4.78, 5) is 8.94. The molecule has 1 aliphatic rings. The van der Waals surface area contributed by atoms with Crippen molar-refractivity contribution in [3.8, 4) is 29.0 Å². The number of ether oxygens (including phenoxy) is 2. The number of aromatic nitrogens is 4. The highest BCUT2D eigenvalue weighted by Crippen LogP contribution is 2.35. The molecule has 3 aromatic rings. The second kappa shape index (κ2) is 9.03. The topological polar surface area (TPSA) is 112 Å². The fraction of sp³-hybridized carbons (Fsp3) is 0.364. The third-order valence-electron chi connectivity index (χ3n) is 5.20. The molecule has 0 atom stereocenters. The molecule has 154 valence electrons. The van der Waals surface area contributed by atoms with Crippen molar-refractivity contribution in [2.75, 3.05) is 19.8 Å². The molecule has 1 aliphatic heterocycles. The third-order valence-corrected chi connectivity index (χ3v) is 5.20. The summed E-state index contributed by atoms with van der Waals surface area (Å²) >= 11 is 0. The van der Waals surface area contributed by atoms with Crippen LogP contribution in [0.4, 0.5) is 0 Å². The largest absolute Gasteiger partial charge is 0.439 e. The lowest BCUT2D eigenvalue weighted by molar-refractivity contribution is 0.0844. The molecule has 4 rings (SSSR count). The van der Waals surface area contributed by atoms with E-state index in [1.165, 1.54) is 0 Å². The van der Waals surface area contributed by atoms with Gasteiger partial charge in [-0.1, -0.05) is 0 Å². The minimum absolute atomic E-state index is 0.369. The van der Waals surface area contributed by atoms with Gasteiger partial charge in [-0.05, 0) is 37.6 Å². The van der Waals surface area contributed by atoms with Crippen LogP contribution in [0.3, 0.4) is 0 Å². The first-order chi connectivity index (χ1) is 14.7. The van der Waals surface area contributed by atoms with Gasteiger partial charge in [0, 0.05) is 50.4 Å².